The molecule has 0 aromatic carbocycles. The van der Waals surface area contributed by atoms with Gasteiger partial charge in [0, 0.05) is 11.5 Å². The molecule has 1 aliphatic carbocycles. The number of nitrogens with one attached hydrogen (secondary N) is 1. The number of hydrogen-bond donors (Lipinski definition) is 1. The molecule has 1 amide bonds. The Kier molecular flexibility index (Phi) is 4.07. The predicted octanol–water partition coefficient (Wildman–Crippen LogP) is 3.69. The Hall–Kier alpha value is -0.870. The Morgan fingerprint density at radius 2 is 1.94 bits per heavy atom. The van der Waals surface area contributed by atoms with Crippen LogP contribution in [0.1, 0.15) is 39.0 Å². The summed E-state index contributed by atoms with van der Waals surface area (Å²) >= 11 is 11.5. The van der Waals surface area contributed by atoms with Gasteiger partial charge in [0.05, 0.1) is 0 Å². The Morgan fingerprint density at radius 3 is 2.56 bits per heavy atom. The van der Waals surface area contributed by atoms with Crippen molar-refractivity contribution in [2.75, 3.05) is 5.32 Å². The maximum absolute atomic E-state index is 12.3. The largest absolute Gasteiger partial charge is 0.310 e. The standard InChI is InChI=1S/C12H15Cl2N3O/c1-12(5-3-2-4-6-12)10(18)16-9-7-8(13)15-11(14)17-9/h7H,2-6H2,1H3,(H,15,16,17,18). The summed E-state index contributed by atoms with van der Waals surface area (Å²) < 4.78 is 0. The van der Waals surface area contributed by atoms with E-state index in [1.165, 1.54) is 12.5 Å². The average Bonchev–Trinajstić information content (AvgIpc) is 2.28. The van der Waals surface area contributed by atoms with Gasteiger partial charge in [-0.1, -0.05) is 37.8 Å². The maximum atomic E-state index is 12.3. The van der Waals surface area contributed by atoms with Gasteiger partial charge < -0.3 is 5.32 Å². The molecule has 1 fully saturated rings. The maximum Gasteiger partial charge on any atom is 0.231 e. The van der Waals surface area contributed by atoms with Gasteiger partial charge in [-0.3, -0.25) is 4.79 Å². The molecule has 18 heavy (non-hydrogen) atoms. The van der Waals surface area contributed by atoms with E-state index in [0.29, 0.717) is 5.82 Å². The molecule has 0 unspecified atom stereocenters. The summed E-state index contributed by atoms with van der Waals surface area (Å²) in [6.07, 6.45) is 5.20. The highest BCUT2D eigenvalue weighted by molar-refractivity contribution is 6.32. The fourth-order valence-corrected chi connectivity index (χ4v) is 2.69. The van der Waals surface area contributed by atoms with Gasteiger partial charge in [-0.05, 0) is 24.4 Å². The molecule has 98 valence electrons. The first kappa shape index (κ1) is 13.6. The van der Waals surface area contributed by atoms with Crippen LogP contribution in [0.5, 0.6) is 0 Å². The van der Waals surface area contributed by atoms with Crippen LogP contribution in [0, 0.1) is 5.41 Å². The van der Waals surface area contributed by atoms with Crippen LogP contribution < -0.4 is 5.32 Å². The van der Waals surface area contributed by atoms with E-state index in [-0.39, 0.29) is 21.8 Å². The van der Waals surface area contributed by atoms with Crippen molar-refractivity contribution in [1.82, 2.24) is 9.97 Å². The van der Waals surface area contributed by atoms with Crippen LogP contribution in [-0.2, 0) is 4.79 Å². The van der Waals surface area contributed by atoms with E-state index in [0.717, 1.165) is 25.7 Å². The number of amides is 1. The van der Waals surface area contributed by atoms with Gasteiger partial charge in [0.15, 0.2) is 0 Å². The third kappa shape index (κ3) is 3.12. The molecule has 1 saturated carbocycles. The second-order valence-electron chi connectivity index (χ2n) is 4.92. The number of carbonyl (C=O) groups is 1. The van der Waals surface area contributed by atoms with Crippen LogP contribution in [0.3, 0.4) is 0 Å². The normalized spacial score (nSPS) is 18.4. The average molecular weight is 288 g/mol. The van der Waals surface area contributed by atoms with Crippen molar-refractivity contribution < 1.29 is 4.79 Å². The SMILES string of the molecule is CC1(C(=O)Nc2cc(Cl)nc(Cl)n2)CCCCC1. The van der Waals surface area contributed by atoms with Gasteiger partial charge >= 0.3 is 0 Å². The Labute approximate surface area is 116 Å². The first-order valence-corrected chi connectivity index (χ1v) is 6.77. The highest BCUT2D eigenvalue weighted by Gasteiger charge is 2.34. The highest BCUT2D eigenvalue weighted by atomic mass is 35.5. The molecule has 1 heterocycles. The van der Waals surface area contributed by atoms with Crippen molar-refractivity contribution in [3.8, 4) is 0 Å². The third-order valence-electron chi connectivity index (χ3n) is 3.41. The van der Waals surface area contributed by atoms with E-state index in [1.807, 2.05) is 6.92 Å². The Balaban J connectivity index is 2.10. The lowest BCUT2D eigenvalue weighted by molar-refractivity contribution is -0.126. The first-order valence-electron chi connectivity index (χ1n) is 6.01. The predicted molar refractivity (Wildman–Crippen MR) is 71.9 cm³/mol. The number of halogens is 2. The van der Waals surface area contributed by atoms with Crippen molar-refractivity contribution >= 4 is 34.9 Å². The van der Waals surface area contributed by atoms with Crippen LogP contribution in [0.25, 0.3) is 0 Å². The molecule has 0 spiro atoms. The number of rotatable bonds is 2. The second kappa shape index (κ2) is 5.41. The third-order valence-corrected chi connectivity index (χ3v) is 3.78. The van der Waals surface area contributed by atoms with E-state index in [9.17, 15) is 4.79 Å². The molecular formula is C12H15Cl2N3O. The van der Waals surface area contributed by atoms with Crippen molar-refractivity contribution in [3.05, 3.63) is 16.5 Å². The Morgan fingerprint density at radius 1 is 1.28 bits per heavy atom. The van der Waals surface area contributed by atoms with Gasteiger partial charge in [0.2, 0.25) is 11.2 Å². The summed E-state index contributed by atoms with van der Waals surface area (Å²) in [5.41, 5.74) is -0.317. The lowest BCUT2D eigenvalue weighted by Crippen LogP contribution is -2.35. The zero-order valence-corrected chi connectivity index (χ0v) is 11.7. The van der Waals surface area contributed by atoms with E-state index in [1.54, 1.807) is 0 Å². The number of carbonyl (C=O) groups excluding carboxylic acids is 1. The van der Waals surface area contributed by atoms with Crippen molar-refractivity contribution in [3.63, 3.8) is 0 Å². The zero-order valence-electron chi connectivity index (χ0n) is 10.2. The molecule has 0 bridgehead atoms. The lowest BCUT2D eigenvalue weighted by Gasteiger charge is -2.31. The van der Waals surface area contributed by atoms with Crippen LogP contribution in [0.4, 0.5) is 5.82 Å². The molecule has 4 nitrogen and oxygen atoms in total. The molecule has 0 radical (unpaired) electrons. The quantitative estimate of drug-likeness (QED) is 0.667. The second-order valence-corrected chi connectivity index (χ2v) is 5.65. The molecule has 0 atom stereocenters. The van der Waals surface area contributed by atoms with E-state index >= 15 is 0 Å². The lowest BCUT2D eigenvalue weighted by atomic mass is 9.75. The van der Waals surface area contributed by atoms with Crippen molar-refractivity contribution in [1.29, 1.82) is 0 Å². The summed E-state index contributed by atoms with van der Waals surface area (Å²) in [4.78, 5) is 19.9. The molecule has 1 aromatic heterocycles. The zero-order chi connectivity index (χ0) is 13.2. The first-order chi connectivity index (χ1) is 8.49. The summed E-state index contributed by atoms with van der Waals surface area (Å²) in [6.45, 7) is 1.99. The monoisotopic (exact) mass is 287 g/mol. The summed E-state index contributed by atoms with van der Waals surface area (Å²) in [7, 11) is 0. The number of nitrogens with zero attached hydrogens (tertiary/aromatic N) is 2. The fraction of sp³-hybridized carbons (Fsp3) is 0.583. The fourth-order valence-electron chi connectivity index (χ4n) is 2.28. The molecule has 0 aliphatic heterocycles. The summed E-state index contributed by atoms with van der Waals surface area (Å²) in [6, 6.07) is 1.50. The van der Waals surface area contributed by atoms with Crippen LogP contribution in [0.2, 0.25) is 10.4 Å². The highest BCUT2D eigenvalue weighted by Crippen LogP contribution is 2.36. The molecular weight excluding hydrogens is 273 g/mol. The number of anilines is 1. The van der Waals surface area contributed by atoms with Gasteiger partial charge in [-0.15, -0.1) is 0 Å². The minimum Gasteiger partial charge on any atom is -0.310 e. The smallest absolute Gasteiger partial charge is 0.231 e. The molecule has 0 saturated heterocycles. The minimum absolute atomic E-state index is 0.0203. The van der Waals surface area contributed by atoms with Crippen LogP contribution in [0.15, 0.2) is 6.07 Å². The molecule has 6 heteroatoms. The van der Waals surface area contributed by atoms with E-state index < -0.39 is 0 Å². The number of aromatic nitrogens is 2. The molecule has 1 aromatic rings. The van der Waals surface area contributed by atoms with Gasteiger partial charge in [0.1, 0.15) is 11.0 Å². The minimum atomic E-state index is -0.317. The van der Waals surface area contributed by atoms with Crippen LogP contribution >= 0.6 is 23.2 Å². The molecule has 2 rings (SSSR count). The summed E-state index contributed by atoms with van der Waals surface area (Å²) in [5, 5.41) is 3.03. The van der Waals surface area contributed by atoms with Gasteiger partial charge in [-0.25, -0.2) is 9.97 Å². The van der Waals surface area contributed by atoms with Gasteiger partial charge in [0.25, 0.3) is 0 Å². The number of hydrogen-bond acceptors (Lipinski definition) is 3. The van der Waals surface area contributed by atoms with Gasteiger partial charge in [-0.2, -0.15) is 0 Å². The van der Waals surface area contributed by atoms with Crippen molar-refractivity contribution in [2.45, 2.75) is 39.0 Å². The van der Waals surface area contributed by atoms with E-state index in [2.05, 4.69) is 15.3 Å². The Bertz CT molecular complexity index is 438. The summed E-state index contributed by atoms with van der Waals surface area (Å²) in [5.74, 6) is 0.338. The molecule has 1 aliphatic rings. The van der Waals surface area contributed by atoms with Crippen molar-refractivity contribution in [2.24, 2.45) is 5.41 Å². The van der Waals surface area contributed by atoms with Crippen LogP contribution in [-0.4, -0.2) is 15.9 Å². The molecule has 1 N–H and O–H groups in total. The van der Waals surface area contributed by atoms with E-state index in [4.69, 9.17) is 23.2 Å². The topological polar surface area (TPSA) is 54.9 Å².